The van der Waals surface area contributed by atoms with E-state index in [1.807, 2.05) is 19.1 Å². The number of aryl methyl sites for hydroxylation is 2. The van der Waals surface area contributed by atoms with E-state index in [0.29, 0.717) is 19.0 Å². The molecule has 30 heavy (non-hydrogen) atoms. The minimum Gasteiger partial charge on any atom is -0.508 e. The van der Waals surface area contributed by atoms with E-state index < -0.39 is 5.82 Å². The third kappa shape index (κ3) is 2.98. The molecule has 0 atom stereocenters. The molecule has 1 N–H and O–H groups in total. The van der Waals surface area contributed by atoms with Crippen molar-refractivity contribution in [3.8, 4) is 11.4 Å². The molecule has 0 bridgehead atoms. The monoisotopic (exact) mass is 405 g/mol. The van der Waals surface area contributed by atoms with E-state index in [-0.39, 0.29) is 22.6 Å². The molecule has 1 aliphatic carbocycles. The Morgan fingerprint density at radius 2 is 1.87 bits per heavy atom. The van der Waals surface area contributed by atoms with Gasteiger partial charge in [-0.25, -0.2) is 9.07 Å². The van der Waals surface area contributed by atoms with Gasteiger partial charge in [0.2, 0.25) is 0 Å². The normalized spacial score (nSPS) is 17.6. The zero-order valence-corrected chi connectivity index (χ0v) is 17.1. The number of benzene rings is 2. The molecule has 154 valence electrons. The molecule has 1 amide bonds. The summed E-state index contributed by atoms with van der Waals surface area (Å²) in [6.07, 6.45) is 1.99. The first-order valence-electron chi connectivity index (χ1n) is 10.3. The van der Waals surface area contributed by atoms with E-state index in [2.05, 4.69) is 29.8 Å². The summed E-state index contributed by atoms with van der Waals surface area (Å²) in [6, 6.07) is 14.0. The van der Waals surface area contributed by atoms with Crippen molar-refractivity contribution in [2.45, 2.75) is 32.6 Å². The van der Waals surface area contributed by atoms with Crippen LogP contribution >= 0.6 is 0 Å². The predicted octanol–water partition coefficient (Wildman–Crippen LogP) is 4.35. The SMILES string of the molecule is Cc1cc(C2CC3(C2)CN(C(=O)c2cc(O)ccc2F)C3)n(-c2ccccc2C)n1. The van der Waals surface area contributed by atoms with Gasteiger partial charge < -0.3 is 10.0 Å². The highest BCUT2D eigenvalue weighted by Gasteiger charge is 2.54. The predicted molar refractivity (Wildman–Crippen MR) is 111 cm³/mol. The Hall–Kier alpha value is -3.15. The number of aromatic hydroxyl groups is 1. The van der Waals surface area contributed by atoms with Crippen LogP contribution < -0.4 is 0 Å². The quantitative estimate of drug-likeness (QED) is 0.705. The molecule has 2 aliphatic rings. The molecule has 6 heteroatoms. The average Bonchev–Trinajstić information content (AvgIpc) is 3.03. The zero-order valence-electron chi connectivity index (χ0n) is 17.1. The number of rotatable bonds is 3. The van der Waals surface area contributed by atoms with E-state index >= 15 is 0 Å². The molecule has 3 aromatic rings. The van der Waals surface area contributed by atoms with Crippen LogP contribution in [0.1, 0.15) is 46.1 Å². The molecule has 5 rings (SSSR count). The lowest BCUT2D eigenvalue weighted by Crippen LogP contribution is -2.63. The summed E-state index contributed by atoms with van der Waals surface area (Å²) >= 11 is 0. The molecule has 2 aromatic carbocycles. The van der Waals surface area contributed by atoms with E-state index in [4.69, 9.17) is 5.10 Å². The van der Waals surface area contributed by atoms with E-state index in [1.165, 1.54) is 23.4 Å². The summed E-state index contributed by atoms with van der Waals surface area (Å²) < 4.78 is 16.0. The van der Waals surface area contributed by atoms with Crippen LogP contribution in [0.2, 0.25) is 0 Å². The molecule has 1 saturated carbocycles. The van der Waals surface area contributed by atoms with Gasteiger partial charge in [-0.1, -0.05) is 18.2 Å². The van der Waals surface area contributed by atoms with E-state index in [9.17, 15) is 14.3 Å². The van der Waals surface area contributed by atoms with Crippen LogP contribution in [0.15, 0.2) is 48.5 Å². The molecular weight excluding hydrogens is 381 g/mol. The van der Waals surface area contributed by atoms with Gasteiger partial charge in [0.05, 0.1) is 16.9 Å². The molecule has 2 heterocycles. The smallest absolute Gasteiger partial charge is 0.257 e. The molecule has 1 aromatic heterocycles. The van der Waals surface area contributed by atoms with Crippen molar-refractivity contribution in [2.24, 2.45) is 5.41 Å². The van der Waals surface area contributed by atoms with Crippen molar-refractivity contribution in [3.05, 3.63) is 76.9 Å². The number of para-hydroxylation sites is 1. The highest BCUT2D eigenvalue weighted by atomic mass is 19.1. The van der Waals surface area contributed by atoms with E-state index in [1.54, 1.807) is 4.90 Å². The van der Waals surface area contributed by atoms with Gasteiger partial charge in [-0.05, 0) is 62.6 Å². The number of phenols is 1. The largest absolute Gasteiger partial charge is 0.508 e. The number of carbonyl (C=O) groups is 1. The molecule has 1 spiro atoms. The van der Waals surface area contributed by atoms with Crippen LogP contribution in [0.5, 0.6) is 5.75 Å². The molecule has 5 nitrogen and oxygen atoms in total. The fourth-order valence-corrected chi connectivity index (χ4v) is 5.01. The van der Waals surface area contributed by atoms with Crippen molar-refractivity contribution in [3.63, 3.8) is 0 Å². The Bertz CT molecular complexity index is 1140. The Balaban J connectivity index is 1.29. The van der Waals surface area contributed by atoms with Gasteiger partial charge in [0.25, 0.3) is 5.91 Å². The lowest BCUT2D eigenvalue weighted by atomic mass is 9.57. The lowest BCUT2D eigenvalue weighted by molar-refractivity contribution is -0.0567. The molecule has 0 radical (unpaired) electrons. The average molecular weight is 405 g/mol. The number of hydrogen-bond donors (Lipinski definition) is 1. The second-order valence-electron chi connectivity index (χ2n) is 8.84. The van der Waals surface area contributed by atoms with Crippen LogP contribution in [-0.4, -0.2) is 38.8 Å². The van der Waals surface area contributed by atoms with Crippen molar-refractivity contribution < 1.29 is 14.3 Å². The Morgan fingerprint density at radius 1 is 1.13 bits per heavy atom. The van der Waals surface area contributed by atoms with Crippen LogP contribution in [0.3, 0.4) is 0 Å². The Kier molecular flexibility index (Phi) is 4.20. The van der Waals surface area contributed by atoms with Gasteiger partial charge in [-0.15, -0.1) is 0 Å². The summed E-state index contributed by atoms with van der Waals surface area (Å²) in [7, 11) is 0. The van der Waals surface area contributed by atoms with Crippen LogP contribution in [0.4, 0.5) is 4.39 Å². The summed E-state index contributed by atoms with van der Waals surface area (Å²) in [5.74, 6) is -0.639. The second kappa shape index (κ2) is 6.69. The standard InChI is InChI=1S/C24H24FN3O2/c1-15-5-3-4-6-21(15)28-22(9-16(2)26-28)17-11-24(12-17)13-27(14-24)23(30)19-10-18(29)7-8-20(19)25/h3-10,17,29H,11-14H2,1-2H3. The molecular formula is C24H24FN3O2. The number of carbonyl (C=O) groups excluding carboxylic acids is 1. The molecule has 2 fully saturated rings. The highest BCUT2D eigenvalue weighted by molar-refractivity contribution is 5.95. The zero-order chi connectivity index (χ0) is 21.0. The first kappa shape index (κ1) is 18.9. The number of aromatic nitrogens is 2. The van der Waals surface area contributed by atoms with Gasteiger partial charge in [-0.3, -0.25) is 4.79 Å². The maximum atomic E-state index is 14.0. The van der Waals surface area contributed by atoms with Gasteiger partial charge in [0, 0.05) is 30.1 Å². The molecule has 1 saturated heterocycles. The van der Waals surface area contributed by atoms with Gasteiger partial charge >= 0.3 is 0 Å². The van der Waals surface area contributed by atoms with Crippen molar-refractivity contribution in [1.29, 1.82) is 0 Å². The van der Waals surface area contributed by atoms with Crippen LogP contribution in [0, 0.1) is 25.1 Å². The summed E-state index contributed by atoms with van der Waals surface area (Å²) in [4.78, 5) is 14.3. The third-order valence-electron chi connectivity index (χ3n) is 6.50. The van der Waals surface area contributed by atoms with Crippen LogP contribution in [0.25, 0.3) is 5.69 Å². The first-order chi connectivity index (χ1) is 14.3. The summed E-state index contributed by atoms with van der Waals surface area (Å²) in [5, 5.41) is 14.3. The van der Waals surface area contributed by atoms with Gasteiger partial charge in [-0.2, -0.15) is 5.10 Å². The minimum atomic E-state index is -0.595. The number of hydrogen-bond acceptors (Lipinski definition) is 3. The maximum absolute atomic E-state index is 14.0. The molecule has 0 unspecified atom stereocenters. The second-order valence-corrected chi connectivity index (χ2v) is 8.84. The molecule has 1 aliphatic heterocycles. The number of amides is 1. The van der Waals surface area contributed by atoms with Crippen molar-refractivity contribution in [1.82, 2.24) is 14.7 Å². The Morgan fingerprint density at radius 3 is 2.60 bits per heavy atom. The Labute approximate surface area is 174 Å². The van der Waals surface area contributed by atoms with Gasteiger partial charge in [0.15, 0.2) is 0 Å². The highest BCUT2D eigenvalue weighted by Crippen LogP contribution is 2.56. The summed E-state index contributed by atoms with van der Waals surface area (Å²) in [6.45, 7) is 5.37. The fourth-order valence-electron chi connectivity index (χ4n) is 5.01. The number of likely N-dealkylation sites (tertiary alicyclic amines) is 1. The first-order valence-corrected chi connectivity index (χ1v) is 10.3. The maximum Gasteiger partial charge on any atom is 0.257 e. The van der Waals surface area contributed by atoms with E-state index in [0.717, 1.165) is 30.3 Å². The van der Waals surface area contributed by atoms with Crippen molar-refractivity contribution >= 4 is 5.91 Å². The lowest BCUT2D eigenvalue weighted by Gasteiger charge is -2.59. The minimum absolute atomic E-state index is 0.0611. The number of nitrogens with zero attached hydrogens (tertiary/aromatic N) is 3. The topological polar surface area (TPSA) is 58.4 Å². The van der Waals surface area contributed by atoms with Crippen molar-refractivity contribution in [2.75, 3.05) is 13.1 Å². The fraction of sp³-hybridized carbons (Fsp3) is 0.333. The number of phenolic OH excluding ortho intramolecular Hbond substituents is 1. The summed E-state index contributed by atoms with van der Waals surface area (Å²) in [5.41, 5.74) is 4.56. The van der Waals surface area contributed by atoms with Crippen LogP contribution in [-0.2, 0) is 0 Å². The third-order valence-corrected chi connectivity index (χ3v) is 6.50. The van der Waals surface area contributed by atoms with Gasteiger partial charge in [0.1, 0.15) is 11.6 Å². The number of halogens is 1.